The molecule has 1 aliphatic heterocycles. The summed E-state index contributed by atoms with van der Waals surface area (Å²) in [6.45, 7) is 3.38. The fraction of sp³-hybridized carbons (Fsp3) is 0.381. The lowest BCUT2D eigenvalue weighted by atomic mass is 10.2. The Hall–Kier alpha value is -2.60. The molecule has 148 valence electrons. The van der Waals surface area contributed by atoms with Crippen molar-refractivity contribution in [3.05, 3.63) is 59.4 Å². The van der Waals surface area contributed by atoms with Gasteiger partial charge in [-0.25, -0.2) is 0 Å². The molecule has 0 radical (unpaired) electrons. The zero-order valence-corrected chi connectivity index (χ0v) is 16.6. The van der Waals surface area contributed by atoms with Crippen LogP contribution in [0.2, 0.25) is 5.02 Å². The predicted molar refractivity (Wildman–Crippen MR) is 110 cm³/mol. The molecule has 1 fully saturated rings. The van der Waals surface area contributed by atoms with Gasteiger partial charge in [-0.05, 0) is 36.8 Å². The van der Waals surface area contributed by atoms with Crippen molar-refractivity contribution in [3.63, 3.8) is 0 Å². The number of carbonyl (C=O) groups excluding carboxylic acids is 2. The number of nitrogens with zero attached hydrogens (tertiary/aromatic N) is 3. The maximum absolute atomic E-state index is 12.4. The first-order valence-electron chi connectivity index (χ1n) is 9.57. The summed E-state index contributed by atoms with van der Waals surface area (Å²) in [6, 6.07) is 13.4. The second-order valence-corrected chi connectivity index (χ2v) is 7.24. The minimum atomic E-state index is -0.0516. The highest BCUT2D eigenvalue weighted by Crippen LogP contribution is 2.21. The van der Waals surface area contributed by atoms with E-state index in [0.717, 1.165) is 29.5 Å². The van der Waals surface area contributed by atoms with E-state index in [9.17, 15) is 9.59 Å². The van der Waals surface area contributed by atoms with E-state index >= 15 is 0 Å². The molecule has 1 aliphatic rings. The van der Waals surface area contributed by atoms with Crippen molar-refractivity contribution in [1.29, 1.82) is 0 Å². The van der Waals surface area contributed by atoms with Crippen LogP contribution in [0.1, 0.15) is 25.0 Å². The van der Waals surface area contributed by atoms with Gasteiger partial charge in [-0.15, -0.1) is 0 Å². The number of carbonyl (C=O) groups is 2. The monoisotopic (exact) mass is 400 g/mol. The largest absolute Gasteiger partial charge is 0.368 e. The lowest BCUT2D eigenvalue weighted by Crippen LogP contribution is -2.48. The summed E-state index contributed by atoms with van der Waals surface area (Å²) >= 11 is 6.06. The second kappa shape index (κ2) is 10.1. The smallest absolute Gasteiger partial charge is 0.222 e. The van der Waals surface area contributed by atoms with Crippen LogP contribution in [0.4, 0.5) is 5.69 Å². The van der Waals surface area contributed by atoms with Gasteiger partial charge in [0.05, 0.1) is 12.2 Å². The van der Waals surface area contributed by atoms with E-state index in [1.54, 1.807) is 6.20 Å². The summed E-state index contributed by atoms with van der Waals surface area (Å²) in [7, 11) is 0. The Bertz CT molecular complexity index is 792. The molecule has 0 atom stereocenters. The Balaban J connectivity index is 1.34. The van der Waals surface area contributed by atoms with E-state index in [2.05, 4.69) is 15.2 Å². The molecule has 0 bridgehead atoms. The van der Waals surface area contributed by atoms with Crippen LogP contribution in [0.25, 0.3) is 0 Å². The van der Waals surface area contributed by atoms with Gasteiger partial charge in [0.25, 0.3) is 0 Å². The molecule has 2 amide bonds. The number of benzene rings is 1. The first kappa shape index (κ1) is 20.1. The van der Waals surface area contributed by atoms with Crippen molar-refractivity contribution in [3.8, 4) is 0 Å². The maximum Gasteiger partial charge on any atom is 0.222 e. The molecule has 1 N–H and O–H groups in total. The number of nitrogens with one attached hydrogen (secondary N) is 1. The molecule has 7 heteroatoms. The molecule has 2 heterocycles. The predicted octanol–water partition coefficient (Wildman–Crippen LogP) is 2.87. The average molecular weight is 401 g/mol. The maximum atomic E-state index is 12.4. The standard InChI is InChI=1S/C21H25ClN4O2/c22-17-5-3-7-19(15-17)25-11-13-26(14-12-25)21(28)9-4-8-20(27)24-16-18-6-1-2-10-23-18/h1-3,5-7,10,15H,4,8-9,11-14,16H2,(H,24,27). The minimum Gasteiger partial charge on any atom is -0.368 e. The highest BCUT2D eigenvalue weighted by molar-refractivity contribution is 6.30. The number of amides is 2. The molecular weight excluding hydrogens is 376 g/mol. The Morgan fingerprint density at radius 1 is 1.04 bits per heavy atom. The quantitative estimate of drug-likeness (QED) is 0.776. The summed E-state index contributed by atoms with van der Waals surface area (Å²) in [5.74, 6) is 0.0625. The normalized spacial score (nSPS) is 14.0. The average Bonchev–Trinajstić information content (AvgIpc) is 2.73. The molecule has 1 aromatic heterocycles. The molecule has 1 aromatic carbocycles. The van der Waals surface area contributed by atoms with Gasteiger partial charge in [-0.2, -0.15) is 0 Å². The zero-order chi connectivity index (χ0) is 19.8. The second-order valence-electron chi connectivity index (χ2n) is 6.80. The fourth-order valence-corrected chi connectivity index (χ4v) is 3.41. The van der Waals surface area contributed by atoms with Crippen molar-refractivity contribution < 1.29 is 9.59 Å². The van der Waals surface area contributed by atoms with Crippen molar-refractivity contribution in [1.82, 2.24) is 15.2 Å². The number of halogens is 1. The lowest BCUT2D eigenvalue weighted by Gasteiger charge is -2.36. The molecule has 0 spiro atoms. The summed E-state index contributed by atoms with van der Waals surface area (Å²) in [6.07, 6.45) is 3.00. The van der Waals surface area contributed by atoms with Gasteiger partial charge in [0.15, 0.2) is 0 Å². The van der Waals surface area contributed by atoms with Gasteiger partial charge in [0.2, 0.25) is 11.8 Å². The summed E-state index contributed by atoms with van der Waals surface area (Å²) < 4.78 is 0. The summed E-state index contributed by atoms with van der Waals surface area (Å²) in [5.41, 5.74) is 1.91. The van der Waals surface area contributed by atoms with Crippen LogP contribution in [0.3, 0.4) is 0 Å². The fourth-order valence-electron chi connectivity index (χ4n) is 3.23. The Morgan fingerprint density at radius 2 is 1.86 bits per heavy atom. The van der Waals surface area contributed by atoms with Gasteiger partial charge >= 0.3 is 0 Å². The summed E-state index contributed by atoms with van der Waals surface area (Å²) in [5, 5.41) is 3.56. The van der Waals surface area contributed by atoms with E-state index in [1.165, 1.54) is 0 Å². The molecule has 1 saturated heterocycles. The van der Waals surface area contributed by atoms with Gasteiger partial charge in [0.1, 0.15) is 0 Å². The number of anilines is 1. The zero-order valence-electron chi connectivity index (χ0n) is 15.8. The van der Waals surface area contributed by atoms with E-state index in [0.29, 0.717) is 38.9 Å². The SMILES string of the molecule is O=C(CCCC(=O)N1CCN(c2cccc(Cl)c2)CC1)NCc1ccccn1. The van der Waals surface area contributed by atoms with Crippen LogP contribution in [0.5, 0.6) is 0 Å². The highest BCUT2D eigenvalue weighted by atomic mass is 35.5. The topological polar surface area (TPSA) is 65.5 Å². The number of aromatic nitrogens is 1. The first-order chi connectivity index (χ1) is 13.6. The lowest BCUT2D eigenvalue weighted by molar-refractivity contribution is -0.131. The molecule has 28 heavy (non-hydrogen) atoms. The summed E-state index contributed by atoms with van der Waals surface area (Å²) in [4.78, 5) is 32.6. The van der Waals surface area contributed by atoms with Crippen molar-refractivity contribution >= 4 is 29.1 Å². The molecule has 6 nitrogen and oxygen atoms in total. The van der Waals surface area contributed by atoms with E-state index < -0.39 is 0 Å². The molecule has 0 unspecified atom stereocenters. The molecular formula is C21H25ClN4O2. The molecule has 0 aliphatic carbocycles. The highest BCUT2D eigenvalue weighted by Gasteiger charge is 2.21. The molecule has 2 aromatic rings. The van der Waals surface area contributed by atoms with Gasteiger partial charge in [-0.1, -0.05) is 23.7 Å². The Kier molecular flexibility index (Phi) is 7.25. The Morgan fingerprint density at radius 3 is 2.57 bits per heavy atom. The third-order valence-corrected chi connectivity index (χ3v) is 5.03. The number of pyridine rings is 1. The number of hydrogen-bond acceptors (Lipinski definition) is 4. The van der Waals surface area contributed by atoms with E-state index in [1.807, 2.05) is 47.4 Å². The van der Waals surface area contributed by atoms with Gasteiger partial charge in [-0.3, -0.25) is 14.6 Å². The van der Waals surface area contributed by atoms with Crippen LogP contribution in [0.15, 0.2) is 48.7 Å². The third-order valence-electron chi connectivity index (χ3n) is 4.79. The van der Waals surface area contributed by atoms with Crippen LogP contribution >= 0.6 is 11.6 Å². The number of rotatable bonds is 7. The number of piperazine rings is 1. The third kappa shape index (κ3) is 5.96. The van der Waals surface area contributed by atoms with Crippen LogP contribution in [-0.4, -0.2) is 47.9 Å². The van der Waals surface area contributed by atoms with Crippen LogP contribution in [0, 0.1) is 0 Å². The van der Waals surface area contributed by atoms with E-state index in [4.69, 9.17) is 11.6 Å². The number of hydrogen-bond donors (Lipinski definition) is 1. The van der Waals surface area contributed by atoms with Crippen LogP contribution < -0.4 is 10.2 Å². The van der Waals surface area contributed by atoms with Crippen LogP contribution in [-0.2, 0) is 16.1 Å². The Labute approximate surface area is 170 Å². The van der Waals surface area contributed by atoms with Gasteiger partial charge < -0.3 is 15.1 Å². The van der Waals surface area contributed by atoms with Crippen molar-refractivity contribution in [2.75, 3.05) is 31.1 Å². The minimum absolute atomic E-state index is 0.0516. The van der Waals surface area contributed by atoms with Crippen molar-refractivity contribution in [2.45, 2.75) is 25.8 Å². The molecule has 3 rings (SSSR count). The van der Waals surface area contributed by atoms with Crippen molar-refractivity contribution in [2.24, 2.45) is 0 Å². The van der Waals surface area contributed by atoms with Gasteiger partial charge in [0, 0.05) is 55.9 Å². The first-order valence-corrected chi connectivity index (χ1v) is 9.94. The van der Waals surface area contributed by atoms with E-state index in [-0.39, 0.29) is 11.8 Å². The molecule has 0 saturated carbocycles.